The number of benzene rings is 1. The highest BCUT2D eigenvalue weighted by Crippen LogP contribution is 2.41. The van der Waals surface area contributed by atoms with Crippen LogP contribution in [-0.4, -0.2) is 27.1 Å². The summed E-state index contributed by atoms with van der Waals surface area (Å²) in [6.07, 6.45) is 4.04. The molecule has 0 radical (unpaired) electrons. The summed E-state index contributed by atoms with van der Waals surface area (Å²) in [4.78, 5) is 21.0. The predicted octanol–water partition coefficient (Wildman–Crippen LogP) is 3.49. The van der Waals surface area contributed by atoms with E-state index in [1.807, 2.05) is 6.92 Å². The van der Waals surface area contributed by atoms with Gasteiger partial charge in [-0.05, 0) is 42.5 Å². The first kappa shape index (κ1) is 18.9. The van der Waals surface area contributed by atoms with E-state index in [-0.39, 0.29) is 23.7 Å². The van der Waals surface area contributed by atoms with Crippen LogP contribution in [0.2, 0.25) is 10.0 Å². The number of aliphatic hydroxyl groups is 1. The van der Waals surface area contributed by atoms with Crippen molar-refractivity contribution in [1.82, 2.24) is 9.97 Å². The third kappa shape index (κ3) is 3.92. The third-order valence-corrected chi connectivity index (χ3v) is 5.67. The molecule has 138 valence electrons. The molecule has 0 spiro atoms. The number of carbonyl (C=O) groups excluding carboxylic acids is 1. The molecular weight excluding hydrogens is 375 g/mol. The Labute approximate surface area is 161 Å². The van der Waals surface area contributed by atoms with E-state index in [1.165, 1.54) is 0 Å². The van der Waals surface area contributed by atoms with Crippen LogP contribution in [0.15, 0.2) is 30.6 Å². The molecule has 1 saturated carbocycles. The number of rotatable bonds is 3. The normalized spacial score (nSPS) is 25.7. The quantitative estimate of drug-likeness (QED) is 0.739. The number of aliphatic hydroxyl groups excluding tert-OH is 1. The first-order valence-electron chi connectivity index (χ1n) is 8.38. The van der Waals surface area contributed by atoms with E-state index < -0.39 is 12.0 Å². The fourth-order valence-corrected chi connectivity index (χ4v) is 3.73. The summed E-state index contributed by atoms with van der Waals surface area (Å²) in [6.45, 7) is 1.94. The number of nitrogens with two attached hydrogens (primary N) is 1. The predicted molar refractivity (Wildman–Crippen MR) is 102 cm³/mol. The lowest BCUT2D eigenvalue weighted by atomic mass is 9.70. The number of hydrogen-bond donors (Lipinski definition) is 3. The summed E-state index contributed by atoms with van der Waals surface area (Å²) in [5.74, 6) is -0.893. The maximum atomic E-state index is 13.0. The second-order valence-electron chi connectivity index (χ2n) is 6.67. The fraction of sp³-hybridized carbons (Fsp3) is 0.389. The van der Waals surface area contributed by atoms with Crippen LogP contribution in [0, 0.1) is 11.8 Å². The largest absolute Gasteiger partial charge is 0.392 e. The van der Waals surface area contributed by atoms with Crippen LogP contribution in [0.3, 0.4) is 0 Å². The monoisotopic (exact) mass is 394 g/mol. The lowest BCUT2D eigenvalue weighted by Crippen LogP contribution is -2.44. The number of aromatic nitrogens is 2. The van der Waals surface area contributed by atoms with E-state index in [1.54, 1.807) is 30.6 Å². The molecule has 0 aliphatic heterocycles. The van der Waals surface area contributed by atoms with Gasteiger partial charge in [-0.1, -0.05) is 30.1 Å². The number of hydrogen-bond acceptors (Lipinski definition) is 5. The van der Waals surface area contributed by atoms with Crippen molar-refractivity contribution < 1.29 is 9.90 Å². The van der Waals surface area contributed by atoms with Crippen LogP contribution in [0.1, 0.15) is 31.2 Å². The van der Waals surface area contributed by atoms with Crippen LogP contribution in [0.25, 0.3) is 0 Å². The van der Waals surface area contributed by atoms with Crippen molar-refractivity contribution in [1.29, 1.82) is 0 Å². The van der Waals surface area contributed by atoms with Gasteiger partial charge in [0.15, 0.2) is 0 Å². The van der Waals surface area contributed by atoms with Gasteiger partial charge in [0.25, 0.3) is 0 Å². The standard InChI is InChI=1S/C18H20Cl2N4O2/c1-9-2-4-12(10-7-22-18(21)23-8-10)15(16(9)25)17(26)24-11-3-5-13(19)14(20)6-11/h3,5-9,12,15-16,25H,2,4H2,1H3,(H,24,26)(H2,21,22,23). The molecule has 4 unspecified atom stereocenters. The second-order valence-corrected chi connectivity index (χ2v) is 7.48. The number of carbonyl (C=O) groups is 1. The van der Waals surface area contributed by atoms with Gasteiger partial charge in [-0.25, -0.2) is 9.97 Å². The third-order valence-electron chi connectivity index (χ3n) is 4.93. The highest BCUT2D eigenvalue weighted by atomic mass is 35.5. The number of amides is 1. The minimum absolute atomic E-state index is 0.0190. The fourth-order valence-electron chi connectivity index (χ4n) is 3.44. The zero-order valence-electron chi connectivity index (χ0n) is 14.2. The van der Waals surface area contributed by atoms with E-state index in [9.17, 15) is 9.90 Å². The molecule has 1 aliphatic carbocycles. The Hall–Kier alpha value is -1.89. The highest BCUT2D eigenvalue weighted by Gasteiger charge is 2.42. The zero-order valence-corrected chi connectivity index (χ0v) is 15.7. The van der Waals surface area contributed by atoms with Gasteiger partial charge >= 0.3 is 0 Å². The molecule has 1 fully saturated rings. The van der Waals surface area contributed by atoms with E-state index in [0.717, 1.165) is 18.4 Å². The Bertz CT molecular complexity index is 800. The molecule has 6 nitrogen and oxygen atoms in total. The van der Waals surface area contributed by atoms with Crippen molar-refractivity contribution in [2.75, 3.05) is 11.1 Å². The van der Waals surface area contributed by atoms with Gasteiger partial charge in [-0.3, -0.25) is 4.79 Å². The highest BCUT2D eigenvalue weighted by molar-refractivity contribution is 6.42. The maximum Gasteiger partial charge on any atom is 0.230 e. The van der Waals surface area contributed by atoms with E-state index in [0.29, 0.717) is 15.7 Å². The van der Waals surface area contributed by atoms with Gasteiger partial charge in [-0.15, -0.1) is 0 Å². The minimum atomic E-state index is -0.769. The first-order chi connectivity index (χ1) is 12.4. The summed E-state index contributed by atoms with van der Waals surface area (Å²) in [6, 6.07) is 4.87. The lowest BCUT2D eigenvalue weighted by molar-refractivity contribution is -0.127. The maximum absolute atomic E-state index is 13.0. The summed E-state index contributed by atoms with van der Waals surface area (Å²) >= 11 is 11.9. The van der Waals surface area contributed by atoms with Crippen LogP contribution < -0.4 is 11.1 Å². The number of nitrogens with zero attached hydrogens (tertiary/aromatic N) is 2. The van der Waals surface area contributed by atoms with Crippen LogP contribution in [0.4, 0.5) is 11.6 Å². The average Bonchev–Trinajstić information content (AvgIpc) is 2.61. The Morgan fingerprint density at radius 1 is 1.23 bits per heavy atom. The van der Waals surface area contributed by atoms with Crippen molar-refractivity contribution in [2.24, 2.45) is 11.8 Å². The smallest absolute Gasteiger partial charge is 0.230 e. The van der Waals surface area contributed by atoms with Crippen LogP contribution in [-0.2, 0) is 4.79 Å². The molecule has 1 heterocycles. The lowest BCUT2D eigenvalue weighted by Gasteiger charge is -2.38. The molecule has 0 saturated heterocycles. The Morgan fingerprint density at radius 2 is 1.92 bits per heavy atom. The summed E-state index contributed by atoms with van der Waals surface area (Å²) < 4.78 is 0. The van der Waals surface area contributed by atoms with Gasteiger partial charge in [-0.2, -0.15) is 0 Å². The van der Waals surface area contributed by atoms with Gasteiger partial charge in [0.2, 0.25) is 11.9 Å². The summed E-state index contributed by atoms with van der Waals surface area (Å²) in [5, 5.41) is 14.3. The molecule has 8 heteroatoms. The molecule has 1 aromatic heterocycles. The van der Waals surface area contributed by atoms with Gasteiger partial charge < -0.3 is 16.2 Å². The molecule has 1 aromatic carbocycles. The molecule has 4 N–H and O–H groups in total. The van der Waals surface area contributed by atoms with Gasteiger partial charge in [0, 0.05) is 24.0 Å². The number of anilines is 2. The van der Waals surface area contributed by atoms with E-state index in [4.69, 9.17) is 28.9 Å². The summed E-state index contributed by atoms with van der Waals surface area (Å²) in [7, 11) is 0. The van der Waals surface area contributed by atoms with Crippen LogP contribution in [0.5, 0.6) is 0 Å². The van der Waals surface area contributed by atoms with Crippen molar-refractivity contribution in [3.63, 3.8) is 0 Å². The molecule has 4 atom stereocenters. The molecule has 1 amide bonds. The van der Waals surface area contributed by atoms with E-state index >= 15 is 0 Å². The van der Waals surface area contributed by atoms with Crippen molar-refractivity contribution >= 4 is 40.7 Å². The SMILES string of the molecule is CC1CCC(c2cnc(N)nc2)C(C(=O)Nc2ccc(Cl)c(Cl)c2)C1O. The number of nitrogen functional groups attached to an aromatic ring is 1. The molecule has 0 bridgehead atoms. The van der Waals surface area contributed by atoms with Gasteiger partial charge in [0.05, 0.1) is 22.1 Å². The Kier molecular flexibility index (Phi) is 5.65. The second kappa shape index (κ2) is 7.78. The average molecular weight is 395 g/mol. The molecule has 26 heavy (non-hydrogen) atoms. The van der Waals surface area contributed by atoms with Crippen molar-refractivity contribution in [3.8, 4) is 0 Å². The number of nitrogens with one attached hydrogen (secondary N) is 1. The first-order valence-corrected chi connectivity index (χ1v) is 9.14. The minimum Gasteiger partial charge on any atom is -0.392 e. The van der Waals surface area contributed by atoms with Crippen LogP contribution >= 0.6 is 23.2 Å². The molecule has 3 rings (SSSR count). The molecular formula is C18H20Cl2N4O2. The zero-order chi connectivity index (χ0) is 18.8. The van der Waals surface area contributed by atoms with Gasteiger partial charge in [0.1, 0.15) is 0 Å². The molecule has 1 aliphatic rings. The summed E-state index contributed by atoms with van der Waals surface area (Å²) in [5.41, 5.74) is 6.88. The number of halogens is 2. The van der Waals surface area contributed by atoms with E-state index in [2.05, 4.69) is 15.3 Å². The Morgan fingerprint density at radius 3 is 2.58 bits per heavy atom. The van der Waals surface area contributed by atoms with Crippen molar-refractivity contribution in [3.05, 3.63) is 46.2 Å². The molecule has 2 aromatic rings. The van der Waals surface area contributed by atoms with Crippen molar-refractivity contribution in [2.45, 2.75) is 31.8 Å². The topological polar surface area (TPSA) is 101 Å². The Balaban J connectivity index is 1.87.